The molecule has 0 saturated heterocycles. The van der Waals surface area contributed by atoms with Gasteiger partial charge in [-0.2, -0.15) is 5.10 Å². The minimum absolute atomic E-state index is 0.0950. The van der Waals surface area contributed by atoms with Crippen LogP contribution in [-0.2, 0) is 7.05 Å². The minimum Gasteiger partial charge on any atom is -0.396 e. The van der Waals surface area contributed by atoms with Crippen molar-refractivity contribution in [3.63, 3.8) is 0 Å². The summed E-state index contributed by atoms with van der Waals surface area (Å²) in [7, 11) is 1.90. The molecule has 0 fully saturated rings. The number of rotatable bonds is 5. The van der Waals surface area contributed by atoms with Gasteiger partial charge in [0.25, 0.3) is 0 Å². The Labute approximate surface area is 84.7 Å². The van der Waals surface area contributed by atoms with Gasteiger partial charge in [0.2, 0.25) is 0 Å². The Morgan fingerprint density at radius 3 is 2.79 bits per heavy atom. The Kier molecular flexibility index (Phi) is 4.10. The van der Waals surface area contributed by atoms with E-state index in [2.05, 4.69) is 12.0 Å². The van der Waals surface area contributed by atoms with E-state index < -0.39 is 0 Å². The minimum atomic E-state index is 0.0950. The molecule has 4 heteroatoms. The molecule has 1 aromatic heterocycles. The summed E-state index contributed by atoms with van der Waals surface area (Å²) in [6, 6.07) is 2.06. The first-order valence-electron chi connectivity index (χ1n) is 5.05. The average Bonchev–Trinajstić information content (AvgIpc) is 2.60. The van der Waals surface area contributed by atoms with Crippen molar-refractivity contribution in [1.82, 2.24) is 9.78 Å². The van der Waals surface area contributed by atoms with Crippen molar-refractivity contribution in [2.75, 3.05) is 6.61 Å². The third kappa shape index (κ3) is 2.33. The predicted octanol–water partition coefficient (Wildman–Crippen LogP) is 0.623. The number of hydrogen-bond acceptors (Lipinski definition) is 3. The van der Waals surface area contributed by atoms with Crippen LogP contribution in [0.2, 0.25) is 0 Å². The molecule has 0 amide bonds. The summed E-state index contributed by atoms with van der Waals surface area (Å²) in [4.78, 5) is 0. The lowest BCUT2D eigenvalue weighted by Gasteiger charge is -2.22. The second kappa shape index (κ2) is 5.12. The summed E-state index contributed by atoms with van der Waals surface area (Å²) in [5, 5.41) is 13.1. The van der Waals surface area contributed by atoms with E-state index in [1.54, 1.807) is 6.20 Å². The van der Waals surface area contributed by atoms with Crippen molar-refractivity contribution in [3.8, 4) is 0 Å². The number of aromatic nitrogens is 2. The molecule has 1 aromatic rings. The lowest BCUT2D eigenvalue weighted by atomic mass is 9.92. The Bertz CT molecular complexity index is 272. The number of hydrogen-bond donors (Lipinski definition) is 2. The molecular formula is C10H19N3O. The van der Waals surface area contributed by atoms with Gasteiger partial charge in [-0.25, -0.2) is 0 Å². The zero-order valence-corrected chi connectivity index (χ0v) is 8.85. The second-order valence-electron chi connectivity index (χ2n) is 3.57. The maximum absolute atomic E-state index is 8.99. The molecule has 4 nitrogen and oxygen atoms in total. The summed E-state index contributed by atoms with van der Waals surface area (Å²) in [6.45, 7) is 2.23. The number of aryl methyl sites for hydroxylation is 1. The molecule has 2 unspecified atom stereocenters. The van der Waals surface area contributed by atoms with E-state index in [0.29, 0.717) is 6.42 Å². The van der Waals surface area contributed by atoms with Crippen LogP contribution in [0.3, 0.4) is 0 Å². The quantitative estimate of drug-likeness (QED) is 0.727. The van der Waals surface area contributed by atoms with E-state index >= 15 is 0 Å². The molecule has 1 heterocycles. The van der Waals surface area contributed by atoms with Crippen molar-refractivity contribution in [2.45, 2.75) is 31.7 Å². The largest absolute Gasteiger partial charge is 0.396 e. The van der Waals surface area contributed by atoms with Gasteiger partial charge in [0.1, 0.15) is 0 Å². The van der Waals surface area contributed by atoms with Gasteiger partial charge in [-0.05, 0) is 18.9 Å². The molecule has 0 aliphatic heterocycles. The molecule has 0 saturated carbocycles. The van der Waals surface area contributed by atoms with Gasteiger partial charge in [0.05, 0.1) is 0 Å². The highest BCUT2D eigenvalue weighted by Gasteiger charge is 2.20. The van der Waals surface area contributed by atoms with Crippen LogP contribution in [0.1, 0.15) is 31.4 Å². The summed E-state index contributed by atoms with van der Waals surface area (Å²) < 4.78 is 1.83. The fourth-order valence-corrected chi connectivity index (χ4v) is 1.75. The normalized spacial score (nSPS) is 15.4. The predicted molar refractivity (Wildman–Crippen MR) is 55.9 cm³/mol. The first-order chi connectivity index (χ1) is 6.70. The summed E-state index contributed by atoms with van der Waals surface area (Å²) in [5.41, 5.74) is 7.12. The third-order valence-corrected chi connectivity index (χ3v) is 2.67. The molecule has 0 spiro atoms. The standard InChI is InChI=1S/C10H19N3O/c1-3-9(11)8(5-7-14)10-4-6-12-13(10)2/h4,6,8-9,14H,3,5,7,11H2,1-2H3. The zero-order chi connectivity index (χ0) is 10.6. The molecule has 0 bridgehead atoms. The van der Waals surface area contributed by atoms with Crippen LogP contribution < -0.4 is 5.73 Å². The van der Waals surface area contributed by atoms with E-state index in [1.165, 1.54) is 0 Å². The van der Waals surface area contributed by atoms with E-state index in [-0.39, 0.29) is 18.6 Å². The molecule has 80 valence electrons. The summed E-state index contributed by atoms with van der Waals surface area (Å²) in [6.07, 6.45) is 3.38. The molecule has 1 rings (SSSR count). The van der Waals surface area contributed by atoms with E-state index in [0.717, 1.165) is 12.1 Å². The fraction of sp³-hybridized carbons (Fsp3) is 0.700. The monoisotopic (exact) mass is 197 g/mol. The highest BCUT2D eigenvalue weighted by atomic mass is 16.3. The van der Waals surface area contributed by atoms with Crippen molar-refractivity contribution in [3.05, 3.63) is 18.0 Å². The number of aliphatic hydroxyl groups is 1. The van der Waals surface area contributed by atoms with Crippen LogP contribution >= 0.6 is 0 Å². The van der Waals surface area contributed by atoms with E-state index in [4.69, 9.17) is 10.8 Å². The average molecular weight is 197 g/mol. The fourth-order valence-electron chi connectivity index (χ4n) is 1.75. The Morgan fingerprint density at radius 1 is 1.64 bits per heavy atom. The van der Waals surface area contributed by atoms with Crippen molar-refractivity contribution in [1.29, 1.82) is 0 Å². The van der Waals surface area contributed by atoms with Gasteiger partial charge in [-0.3, -0.25) is 4.68 Å². The molecule has 0 radical (unpaired) electrons. The van der Waals surface area contributed by atoms with Crippen molar-refractivity contribution < 1.29 is 5.11 Å². The Balaban J connectivity index is 2.82. The van der Waals surface area contributed by atoms with Gasteiger partial charge in [0, 0.05) is 37.5 Å². The summed E-state index contributed by atoms with van der Waals surface area (Å²) >= 11 is 0. The maximum Gasteiger partial charge on any atom is 0.0492 e. The maximum atomic E-state index is 8.99. The van der Waals surface area contributed by atoms with Gasteiger partial charge in [0.15, 0.2) is 0 Å². The highest BCUT2D eigenvalue weighted by Crippen LogP contribution is 2.22. The SMILES string of the molecule is CCC(N)C(CCO)c1ccnn1C. The molecule has 3 N–H and O–H groups in total. The lowest BCUT2D eigenvalue weighted by Crippen LogP contribution is -2.29. The Morgan fingerprint density at radius 2 is 2.36 bits per heavy atom. The van der Waals surface area contributed by atoms with Crippen LogP contribution in [-0.4, -0.2) is 27.5 Å². The van der Waals surface area contributed by atoms with Gasteiger partial charge in [-0.15, -0.1) is 0 Å². The lowest BCUT2D eigenvalue weighted by molar-refractivity contribution is 0.263. The topological polar surface area (TPSA) is 64.1 Å². The molecule has 14 heavy (non-hydrogen) atoms. The number of nitrogens with two attached hydrogens (primary N) is 1. The van der Waals surface area contributed by atoms with Crippen LogP contribution in [0.5, 0.6) is 0 Å². The summed E-state index contributed by atoms with van der Waals surface area (Å²) in [5.74, 6) is 0.206. The van der Waals surface area contributed by atoms with Crippen molar-refractivity contribution >= 4 is 0 Å². The van der Waals surface area contributed by atoms with Crippen LogP contribution in [0.25, 0.3) is 0 Å². The molecule has 0 aliphatic rings. The van der Waals surface area contributed by atoms with Crippen molar-refractivity contribution in [2.24, 2.45) is 12.8 Å². The van der Waals surface area contributed by atoms with E-state index in [1.807, 2.05) is 17.8 Å². The van der Waals surface area contributed by atoms with Gasteiger partial charge >= 0.3 is 0 Å². The molecule has 2 atom stereocenters. The first-order valence-corrected chi connectivity index (χ1v) is 5.05. The van der Waals surface area contributed by atoms with Crippen LogP contribution in [0, 0.1) is 0 Å². The first kappa shape index (κ1) is 11.2. The smallest absolute Gasteiger partial charge is 0.0492 e. The number of nitrogens with zero attached hydrogens (tertiary/aromatic N) is 2. The Hall–Kier alpha value is -0.870. The zero-order valence-electron chi connectivity index (χ0n) is 8.85. The third-order valence-electron chi connectivity index (χ3n) is 2.67. The van der Waals surface area contributed by atoms with E-state index in [9.17, 15) is 0 Å². The van der Waals surface area contributed by atoms with Gasteiger partial charge < -0.3 is 10.8 Å². The number of aliphatic hydroxyl groups excluding tert-OH is 1. The molecule has 0 aliphatic carbocycles. The highest BCUT2D eigenvalue weighted by molar-refractivity contribution is 5.10. The van der Waals surface area contributed by atoms with Crippen LogP contribution in [0.4, 0.5) is 0 Å². The van der Waals surface area contributed by atoms with Gasteiger partial charge in [-0.1, -0.05) is 6.92 Å². The van der Waals surface area contributed by atoms with Crippen LogP contribution in [0.15, 0.2) is 12.3 Å². The molecule has 0 aromatic carbocycles. The second-order valence-corrected chi connectivity index (χ2v) is 3.57. The molecular weight excluding hydrogens is 178 g/mol.